The normalized spacial score (nSPS) is 12.9. The third kappa shape index (κ3) is 4.46. The molecule has 124 valence electrons. The van der Waals surface area contributed by atoms with Gasteiger partial charge in [0, 0.05) is 23.5 Å². The average Bonchev–Trinajstić information content (AvgIpc) is 2.78. The summed E-state index contributed by atoms with van der Waals surface area (Å²) in [6.45, 7) is 4.99. The number of aromatic hydroxyl groups is 1. The first-order valence-electron chi connectivity index (χ1n) is 7.15. The summed E-state index contributed by atoms with van der Waals surface area (Å²) < 4.78 is 9.49. The number of H-pyrrole nitrogens is 1. The molecule has 1 heterocycles. The molecule has 0 saturated heterocycles. The summed E-state index contributed by atoms with van der Waals surface area (Å²) in [5.41, 5.74) is 6.59. The molecule has 1 aromatic carbocycles. The Morgan fingerprint density at radius 1 is 1.35 bits per heavy atom. The van der Waals surface area contributed by atoms with Crippen molar-refractivity contribution in [3.8, 4) is 5.75 Å². The average molecular weight is 320 g/mol. The first-order valence-corrected chi connectivity index (χ1v) is 7.15. The number of hydrogen-bond acceptors (Lipinski definition) is 6. The van der Waals surface area contributed by atoms with Crippen molar-refractivity contribution in [2.45, 2.75) is 38.8 Å². The molecule has 0 spiro atoms. The van der Waals surface area contributed by atoms with Crippen LogP contribution in [0.15, 0.2) is 24.4 Å². The quantitative estimate of drug-likeness (QED) is 0.590. The number of hydrogen-bond donors (Lipinski definition) is 3. The molecule has 7 heteroatoms. The lowest BCUT2D eigenvalue weighted by Crippen LogP contribution is -2.37. The Balaban J connectivity index is 2.03. The highest BCUT2D eigenvalue weighted by Gasteiger charge is 2.24. The summed E-state index contributed by atoms with van der Waals surface area (Å²) in [7, 11) is 0. The van der Waals surface area contributed by atoms with Gasteiger partial charge in [0.15, 0.2) is 0 Å². The molecule has 1 aromatic heterocycles. The van der Waals surface area contributed by atoms with Gasteiger partial charge >= 0.3 is 12.1 Å². The summed E-state index contributed by atoms with van der Waals surface area (Å²) in [6, 6.07) is 3.83. The number of esters is 1. The van der Waals surface area contributed by atoms with E-state index in [0.29, 0.717) is 0 Å². The molecular weight excluding hydrogens is 300 g/mol. The molecular formula is C16H20N2O5. The summed E-state index contributed by atoms with van der Waals surface area (Å²) in [5.74, 6) is -0.753. The number of rotatable bonds is 3. The number of phenols is 1. The molecule has 0 aliphatic heterocycles. The van der Waals surface area contributed by atoms with E-state index in [1.54, 1.807) is 45.2 Å². The van der Waals surface area contributed by atoms with E-state index in [1.807, 2.05) is 0 Å². The van der Waals surface area contributed by atoms with Gasteiger partial charge in [0.05, 0.1) is 0 Å². The number of ether oxygens (including phenoxy) is 2. The zero-order valence-electron chi connectivity index (χ0n) is 13.3. The lowest BCUT2D eigenvalue weighted by atomic mass is 10.1. The molecule has 0 saturated carbocycles. The van der Waals surface area contributed by atoms with Crippen molar-refractivity contribution < 1.29 is 24.2 Å². The first kappa shape index (κ1) is 16.8. The van der Waals surface area contributed by atoms with Crippen LogP contribution in [0.4, 0.5) is 4.79 Å². The van der Waals surface area contributed by atoms with Crippen molar-refractivity contribution in [3.63, 3.8) is 0 Å². The number of benzene rings is 1. The molecule has 2 aromatic rings. The van der Waals surface area contributed by atoms with Crippen LogP contribution in [-0.2, 0) is 20.7 Å². The van der Waals surface area contributed by atoms with Gasteiger partial charge in [-0.2, -0.15) is 0 Å². The van der Waals surface area contributed by atoms with Crippen LogP contribution in [0.3, 0.4) is 0 Å². The molecule has 0 unspecified atom stereocenters. The van der Waals surface area contributed by atoms with Crippen LogP contribution in [0, 0.1) is 0 Å². The number of fused-ring (bicyclic) bond motifs is 1. The second kappa shape index (κ2) is 6.29. The fraction of sp³-hybridized carbons (Fsp3) is 0.375. The number of aromatic amines is 1. The summed E-state index contributed by atoms with van der Waals surface area (Å²) in [5, 5.41) is 10.3. The monoisotopic (exact) mass is 320 g/mol. The number of carbonyl (C=O) groups excluding carboxylic acids is 2. The first-order chi connectivity index (χ1) is 10.7. The third-order valence-electron chi connectivity index (χ3n) is 3.07. The Morgan fingerprint density at radius 3 is 2.70 bits per heavy atom. The predicted octanol–water partition coefficient (Wildman–Crippen LogP) is 2.22. The Hall–Kier alpha value is -2.54. The van der Waals surface area contributed by atoms with Crippen molar-refractivity contribution in [3.05, 3.63) is 30.0 Å². The van der Waals surface area contributed by atoms with Gasteiger partial charge in [-0.1, -0.05) is 0 Å². The zero-order chi connectivity index (χ0) is 17.2. The van der Waals surface area contributed by atoms with Crippen molar-refractivity contribution in [1.29, 1.82) is 0 Å². The highest BCUT2D eigenvalue weighted by atomic mass is 16.7. The van der Waals surface area contributed by atoms with Crippen LogP contribution in [0.1, 0.15) is 26.3 Å². The van der Waals surface area contributed by atoms with Gasteiger partial charge in [-0.3, -0.25) is 0 Å². The zero-order valence-corrected chi connectivity index (χ0v) is 13.3. The summed E-state index contributed by atoms with van der Waals surface area (Å²) in [4.78, 5) is 26.4. The van der Waals surface area contributed by atoms with E-state index in [-0.39, 0.29) is 12.2 Å². The van der Waals surface area contributed by atoms with Gasteiger partial charge in [-0.15, -0.1) is 0 Å². The standard InChI is InChI=1S/C16H20N2O5/c1-16(2,3)23-15(21)22-14(20)12(17)6-9-8-18-13-5-4-10(19)7-11(9)13/h4-5,7-8,12,18-19H,6,17H2,1-3H3/t12-/m0/s1. The smallest absolute Gasteiger partial charge is 0.508 e. The maximum absolute atomic E-state index is 11.9. The SMILES string of the molecule is CC(C)(C)OC(=O)OC(=O)[C@@H](N)Cc1c[nH]c2ccc(O)cc12. The fourth-order valence-electron chi connectivity index (χ4n) is 2.08. The minimum atomic E-state index is -1.07. The molecule has 4 N–H and O–H groups in total. The molecule has 0 aliphatic rings. The highest BCUT2D eigenvalue weighted by Crippen LogP contribution is 2.23. The maximum atomic E-state index is 11.9. The topological polar surface area (TPSA) is 115 Å². The lowest BCUT2D eigenvalue weighted by molar-refractivity contribution is -0.142. The van der Waals surface area contributed by atoms with Crippen LogP contribution >= 0.6 is 0 Å². The Morgan fingerprint density at radius 2 is 2.04 bits per heavy atom. The molecule has 0 fully saturated rings. The molecule has 23 heavy (non-hydrogen) atoms. The van der Waals surface area contributed by atoms with Gasteiger partial charge in [-0.25, -0.2) is 9.59 Å². The molecule has 7 nitrogen and oxygen atoms in total. The van der Waals surface area contributed by atoms with Crippen molar-refractivity contribution >= 4 is 23.0 Å². The van der Waals surface area contributed by atoms with Gasteiger partial charge < -0.3 is 25.3 Å². The number of nitrogens with two attached hydrogens (primary N) is 1. The number of aromatic nitrogens is 1. The molecule has 0 bridgehead atoms. The Bertz CT molecular complexity index is 730. The van der Waals surface area contributed by atoms with Gasteiger partial charge in [0.2, 0.25) is 0 Å². The van der Waals surface area contributed by atoms with E-state index >= 15 is 0 Å². The van der Waals surface area contributed by atoms with E-state index in [1.165, 1.54) is 0 Å². The van der Waals surface area contributed by atoms with Crippen molar-refractivity contribution in [2.75, 3.05) is 0 Å². The highest BCUT2D eigenvalue weighted by molar-refractivity contribution is 5.88. The van der Waals surface area contributed by atoms with Gasteiger partial charge in [-0.05, 0) is 44.5 Å². The fourth-order valence-corrected chi connectivity index (χ4v) is 2.08. The van der Waals surface area contributed by atoms with E-state index < -0.39 is 23.8 Å². The molecule has 1 atom stereocenters. The molecule has 0 aliphatic carbocycles. The predicted molar refractivity (Wildman–Crippen MR) is 84.0 cm³/mol. The summed E-state index contributed by atoms with van der Waals surface area (Å²) >= 11 is 0. The van der Waals surface area contributed by atoms with E-state index in [9.17, 15) is 14.7 Å². The van der Waals surface area contributed by atoms with E-state index in [2.05, 4.69) is 9.72 Å². The number of nitrogens with one attached hydrogen (secondary N) is 1. The lowest BCUT2D eigenvalue weighted by Gasteiger charge is -2.19. The molecule has 0 amide bonds. The van der Waals surface area contributed by atoms with E-state index in [4.69, 9.17) is 10.5 Å². The van der Waals surface area contributed by atoms with Gasteiger partial charge in [0.25, 0.3) is 0 Å². The Labute approximate surface area is 133 Å². The van der Waals surface area contributed by atoms with Crippen LogP contribution in [0.5, 0.6) is 5.75 Å². The number of phenolic OH excluding ortho intramolecular Hbond substituents is 1. The van der Waals surface area contributed by atoms with Crippen LogP contribution in [0.25, 0.3) is 10.9 Å². The van der Waals surface area contributed by atoms with E-state index in [0.717, 1.165) is 16.5 Å². The van der Waals surface area contributed by atoms with Crippen LogP contribution in [-0.4, -0.2) is 33.9 Å². The van der Waals surface area contributed by atoms with Gasteiger partial charge in [0.1, 0.15) is 17.4 Å². The van der Waals surface area contributed by atoms with Crippen molar-refractivity contribution in [1.82, 2.24) is 4.98 Å². The van der Waals surface area contributed by atoms with Crippen LogP contribution in [0.2, 0.25) is 0 Å². The Kier molecular flexibility index (Phi) is 4.60. The second-order valence-electron chi connectivity index (χ2n) is 6.24. The maximum Gasteiger partial charge on any atom is 0.516 e. The number of carbonyl (C=O) groups is 2. The second-order valence-corrected chi connectivity index (χ2v) is 6.24. The summed E-state index contributed by atoms with van der Waals surface area (Å²) in [6.07, 6.45) is 0.782. The minimum Gasteiger partial charge on any atom is -0.508 e. The molecule has 2 rings (SSSR count). The minimum absolute atomic E-state index is 0.114. The van der Waals surface area contributed by atoms with Crippen molar-refractivity contribution in [2.24, 2.45) is 5.73 Å². The third-order valence-corrected chi connectivity index (χ3v) is 3.07. The molecule has 0 radical (unpaired) electrons. The largest absolute Gasteiger partial charge is 0.516 e. The van der Waals surface area contributed by atoms with Crippen LogP contribution < -0.4 is 5.73 Å².